The molecule has 3 aromatic rings. The Morgan fingerprint density at radius 2 is 1.97 bits per heavy atom. The Kier molecular flexibility index (Phi) is 5.91. The van der Waals surface area contributed by atoms with Crippen molar-refractivity contribution in [3.05, 3.63) is 56.4 Å². The van der Waals surface area contributed by atoms with Crippen LogP contribution in [0.5, 0.6) is 0 Å². The zero-order valence-corrected chi connectivity index (χ0v) is 18.8. The van der Waals surface area contributed by atoms with Gasteiger partial charge in [0.1, 0.15) is 11.4 Å². The van der Waals surface area contributed by atoms with Crippen LogP contribution in [0, 0.1) is 19.8 Å². The number of rotatable bonds is 5. The number of anilines is 1. The third-order valence-corrected chi connectivity index (χ3v) is 6.95. The summed E-state index contributed by atoms with van der Waals surface area (Å²) in [5.41, 5.74) is 3.58. The van der Waals surface area contributed by atoms with Crippen LogP contribution in [0.1, 0.15) is 34.9 Å². The number of aromatic nitrogens is 2. The molecule has 0 saturated carbocycles. The van der Waals surface area contributed by atoms with E-state index in [1.54, 1.807) is 11.3 Å². The molecule has 8 heteroatoms. The zero-order chi connectivity index (χ0) is 22.1. The van der Waals surface area contributed by atoms with Gasteiger partial charge in [0.05, 0.1) is 18.3 Å². The lowest BCUT2D eigenvalue weighted by Crippen LogP contribution is -2.37. The van der Waals surface area contributed by atoms with Crippen molar-refractivity contribution in [1.82, 2.24) is 14.9 Å². The lowest BCUT2D eigenvalue weighted by Gasteiger charge is -2.17. The zero-order valence-electron chi connectivity index (χ0n) is 17.9. The summed E-state index contributed by atoms with van der Waals surface area (Å²) in [5.74, 6) is -0.103. The fourth-order valence-corrected chi connectivity index (χ4v) is 5.40. The van der Waals surface area contributed by atoms with Crippen LogP contribution in [0.4, 0.5) is 5.69 Å². The summed E-state index contributed by atoms with van der Waals surface area (Å²) in [4.78, 5) is 44.1. The van der Waals surface area contributed by atoms with Crippen molar-refractivity contribution in [3.63, 3.8) is 0 Å². The van der Waals surface area contributed by atoms with Crippen LogP contribution in [0.2, 0.25) is 0 Å². The average molecular weight is 439 g/mol. The van der Waals surface area contributed by atoms with E-state index in [0.717, 1.165) is 46.5 Å². The first-order chi connectivity index (χ1) is 14.8. The summed E-state index contributed by atoms with van der Waals surface area (Å²) in [6.45, 7) is 5.73. The molecule has 162 valence electrons. The fourth-order valence-electron chi connectivity index (χ4n) is 4.06. The van der Waals surface area contributed by atoms with Gasteiger partial charge in [-0.2, -0.15) is 0 Å². The van der Waals surface area contributed by atoms with Crippen LogP contribution in [0.25, 0.3) is 10.2 Å². The third-order valence-electron chi connectivity index (χ3n) is 5.79. The summed E-state index contributed by atoms with van der Waals surface area (Å²) in [7, 11) is 0. The molecule has 1 aliphatic carbocycles. The van der Waals surface area contributed by atoms with Gasteiger partial charge in [0.2, 0.25) is 11.8 Å². The van der Waals surface area contributed by atoms with Crippen molar-refractivity contribution in [2.45, 2.75) is 46.6 Å². The summed E-state index contributed by atoms with van der Waals surface area (Å²) < 4.78 is 1.33. The second kappa shape index (κ2) is 8.63. The quantitative estimate of drug-likeness (QED) is 0.641. The number of aryl methyl sites for hydroxylation is 3. The number of carbonyl (C=O) groups is 2. The molecule has 0 fully saturated rings. The van der Waals surface area contributed by atoms with Gasteiger partial charge in [0.25, 0.3) is 5.56 Å². The van der Waals surface area contributed by atoms with Gasteiger partial charge in [-0.15, -0.1) is 11.3 Å². The smallest absolute Gasteiger partial charge is 0.262 e. The number of carbonyl (C=O) groups excluding carboxylic acids is 2. The first kappa shape index (κ1) is 21.2. The van der Waals surface area contributed by atoms with Crippen molar-refractivity contribution in [2.24, 2.45) is 5.92 Å². The number of hydrogen-bond acceptors (Lipinski definition) is 5. The molecule has 0 spiro atoms. The van der Waals surface area contributed by atoms with E-state index in [1.807, 2.05) is 32.0 Å². The highest BCUT2D eigenvalue weighted by molar-refractivity contribution is 7.18. The Bertz CT molecular complexity index is 1210. The lowest BCUT2D eigenvalue weighted by molar-refractivity contribution is -0.124. The molecule has 0 bridgehead atoms. The van der Waals surface area contributed by atoms with Crippen LogP contribution in [0.15, 0.2) is 29.3 Å². The van der Waals surface area contributed by atoms with Gasteiger partial charge in [-0.3, -0.25) is 19.0 Å². The van der Waals surface area contributed by atoms with Crippen molar-refractivity contribution < 1.29 is 9.59 Å². The predicted molar refractivity (Wildman–Crippen MR) is 123 cm³/mol. The monoisotopic (exact) mass is 438 g/mol. The number of nitrogens with zero attached hydrogens (tertiary/aromatic N) is 2. The van der Waals surface area contributed by atoms with E-state index in [9.17, 15) is 14.4 Å². The molecule has 2 heterocycles. The molecule has 1 atom stereocenters. The van der Waals surface area contributed by atoms with Crippen LogP contribution < -0.4 is 16.2 Å². The number of nitrogens with one attached hydrogen (secondary N) is 2. The largest absolute Gasteiger partial charge is 0.345 e. The Morgan fingerprint density at radius 1 is 1.23 bits per heavy atom. The summed E-state index contributed by atoms with van der Waals surface area (Å²) >= 11 is 1.58. The molecule has 2 aromatic heterocycles. The Balaban J connectivity index is 1.42. The Hall–Kier alpha value is -3.00. The highest BCUT2D eigenvalue weighted by Crippen LogP contribution is 2.35. The molecule has 0 unspecified atom stereocenters. The molecule has 1 aromatic carbocycles. The number of benzene rings is 1. The number of para-hydroxylation sites is 1. The van der Waals surface area contributed by atoms with Gasteiger partial charge in [-0.1, -0.05) is 25.1 Å². The van der Waals surface area contributed by atoms with Crippen molar-refractivity contribution in [3.8, 4) is 0 Å². The van der Waals surface area contributed by atoms with E-state index in [1.165, 1.54) is 15.8 Å². The molecule has 7 nitrogen and oxygen atoms in total. The molecule has 0 saturated heterocycles. The van der Waals surface area contributed by atoms with E-state index < -0.39 is 5.91 Å². The summed E-state index contributed by atoms with van der Waals surface area (Å²) in [5, 5.41) is 6.07. The standard InChI is InChI=1S/C23H26N4O3S/c1-13-7-8-16-17(9-13)31-22-20(16)23(30)27(12-25-22)11-19(29)24-10-18(28)26-21-14(2)5-4-6-15(21)3/h4-6,12-13H,7-11H2,1-3H3,(H,24,29)(H,26,28)/t13-/m0/s1. The second-order valence-electron chi connectivity index (χ2n) is 8.30. The first-order valence-electron chi connectivity index (χ1n) is 10.5. The van der Waals surface area contributed by atoms with Gasteiger partial charge < -0.3 is 10.6 Å². The van der Waals surface area contributed by atoms with Crippen molar-refractivity contribution >= 4 is 39.1 Å². The number of amides is 2. The second-order valence-corrected chi connectivity index (χ2v) is 9.38. The molecular formula is C23H26N4O3S. The topological polar surface area (TPSA) is 93.1 Å². The van der Waals surface area contributed by atoms with E-state index in [4.69, 9.17) is 0 Å². The van der Waals surface area contributed by atoms with Crippen LogP contribution in [-0.4, -0.2) is 27.9 Å². The van der Waals surface area contributed by atoms with E-state index in [0.29, 0.717) is 11.3 Å². The van der Waals surface area contributed by atoms with Gasteiger partial charge >= 0.3 is 0 Å². The molecule has 4 rings (SSSR count). The highest BCUT2D eigenvalue weighted by Gasteiger charge is 2.23. The minimum atomic E-state index is -0.405. The molecule has 31 heavy (non-hydrogen) atoms. The first-order valence-corrected chi connectivity index (χ1v) is 11.3. The fraction of sp³-hybridized carbons (Fsp3) is 0.391. The maximum absolute atomic E-state index is 13.0. The molecule has 2 amide bonds. The van der Waals surface area contributed by atoms with Gasteiger partial charge in [-0.05, 0) is 55.7 Å². The maximum Gasteiger partial charge on any atom is 0.262 e. The minimum Gasteiger partial charge on any atom is -0.345 e. The average Bonchev–Trinajstić information content (AvgIpc) is 3.09. The highest BCUT2D eigenvalue weighted by atomic mass is 32.1. The molecule has 1 aliphatic rings. The van der Waals surface area contributed by atoms with E-state index >= 15 is 0 Å². The van der Waals surface area contributed by atoms with Gasteiger partial charge in [-0.25, -0.2) is 4.98 Å². The van der Waals surface area contributed by atoms with Gasteiger partial charge in [0.15, 0.2) is 0 Å². The predicted octanol–water partition coefficient (Wildman–Crippen LogP) is 2.95. The lowest BCUT2D eigenvalue weighted by atomic mass is 9.89. The molecular weight excluding hydrogens is 412 g/mol. The number of hydrogen-bond donors (Lipinski definition) is 2. The summed E-state index contributed by atoms with van der Waals surface area (Å²) in [6.07, 6.45) is 4.34. The molecule has 2 N–H and O–H groups in total. The van der Waals surface area contributed by atoms with Crippen LogP contribution >= 0.6 is 11.3 Å². The van der Waals surface area contributed by atoms with E-state index in [2.05, 4.69) is 22.5 Å². The number of fused-ring (bicyclic) bond motifs is 3. The minimum absolute atomic E-state index is 0.164. The Morgan fingerprint density at radius 3 is 2.71 bits per heavy atom. The normalized spacial score (nSPS) is 15.5. The van der Waals surface area contributed by atoms with Gasteiger partial charge in [0, 0.05) is 10.6 Å². The van der Waals surface area contributed by atoms with Crippen molar-refractivity contribution in [2.75, 3.05) is 11.9 Å². The third kappa shape index (κ3) is 4.39. The van der Waals surface area contributed by atoms with Crippen molar-refractivity contribution in [1.29, 1.82) is 0 Å². The van der Waals surface area contributed by atoms with Crippen LogP contribution in [-0.2, 0) is 29.0 Å². The number of thiophene rings is 1. The molecule has 0 aliphatic heterocycles. The molecule has 0 radical (unpaired) electrons. The SMILES string of the molecule is Cc1cccc(C)c1NC(=O)CNC(=O)Cn1cnc2sc3c(c2c1=O)CC[C@H](C)C3. The van der Waals surface area contributed by atoms with E-state index in [-0.39, 0.29) is 24.6 Å². The summed E-state index contributed by atoms with van der Waals surface area (Å²) in [6, 6.07) is 5.76. The van der Waals surface area contributed by atoms with Crippen LogP contribution in [0.3, 0.4) is 0 Å². The maximum atomic E-state index is 13.0. The Labute approximate surface area is 184 Å².